The molecule has 1 rings (SSSR count). The van der Waals surface area contributed by atoms with Gasteiger partial charge in [-0.05, 0) is 18.1 Å². The van der Waals surface area contributed by atoms with E-state index in [1.165, 1.54) is 0 Å². The smallest absolute Gasteiger partial charge is 0.254 e. The van der Waals surface area contributed by atoms with E-state index in [1.807, 2.05) is 25.2 Å². The molecule has 0 fully saturated rings. The zero-order valence-electron chi connectivity index (χ0n) is 12.5. The van der Waals surface area contributed by atoms with Crippen LogP contribution < -0.4 is 0 Å². The van der Waals surface area contributed by atoms with E-state index < -0.39 is 0 Å². The van der Waals surface area contributed by atoms with Gasteiger partial charge >= 0.3 is 0 Å². The topological polar surface area (TPSA) is 40.5 Å². The van der Waals surface area contributed by atoms with Crippen LogP contribution in [0.5, 0.6) is 0 Å². The van der Waals surface area contributed by atoms with Crippen molar-refractivity contribution in [1.82, 2.24) is 4.90 Å². The number of aliphatic hydroxyl groups is 1. The van der Waals surface area contributed by atoms with Crippen molar-refractivity contribution in [2.45, 2.75) is 26.7 Å². The second-order valence-electron chi connectivity index (χ2n) is 5.02. The van der Waals surface area contributed by atoms with Gasteiger partial charge < -0.3 is 10.0 Å². The Hall–Kier alpha value is -1.79. The lowest BCUT2D eigenvalue weighted by Gasteiger charge is -2.21. The predicted molar refractivity (Wildman–Crippen MR) is 81.4 cm³/mol. The van der Waals surface area contributed by atoms with Gasteiger partial charge in [-0.3, -0.25) is 4.79 Å². The second kappa shape index (κ2) is 8.39. The molecule has 1 atom stereocenters. The monoisotopic (exact) mass is 273 g/mol. The van der Waals surface area contributed by atoms with Crippen molar-refractivity contribution < 1.29 is 9.90 Å². The first kappa shape index (κ1) is 16.3. The maximum atomic E-state index is 12.5. The van der Waals surface area contributed by atoms with Gasteiger partial charge in [-0.15, -0.1) is 0 Å². The Balaban J connectivity index is 2.90. The molecular weight excluding hydrogens is 250 g/mol. The van der Waals surface area contributed by atoms with Crippen LogP contribution in [0, 0.1) is 17.8 Å². The summed E-state index contributed by atoms with van der Waals surface area (Å²) < 4.78 is 0. The minimum Gasteiger partial charge on any atom is -0.395 e. The Morgan fingerprint density at radius 1 is 1.40 bits per heavy atom. The number of nitrogens with zero attached hydrogens (tertiary/aromatic N) is 1. The maximum absolute atomic E-state index is 12.5. The predicted octanol–water partition coefficient (Wildman–Crippen LogP) is 2.54. The summed E-state index contributed by atoms with van der Waals surface area (Å²) in [6.45, 7) is 5.04. The Morgan fingerprint density at radius 2 is 2.10 bits per heavy atom. The first-order valence-corrected chi connectivity index (χ1v) is 7.04. The highest BCUT2D eigenvalue weighted by Crippen LogP contribution is 2.12. The summed E-state index contributed by atoms with van der Waals surface area (Å²) in [5.41, 5.74) is 1.35. The van der Waals surface area contributed by atoms with Crippen LogP contribution >= 0.6 is 0 Å². The minimum absolute atomic E-state index is 0.000742. The van der Waals surface area contributed by atoms with E-state index in [9.17, 15) is 4.79 Å². The highest BCUT2D eigenvalue weighted by molar-refractivity contribution is 5.96. The lowest BCUT2D eigenvalue weighted by molar-refractivity contribution is 0.0774. The quantitative estimate of drug-likeness (QED) is 0.838. The van der Waals surface area contributed by atoms with Crippen LogP contribution in [0.25, 0.3) is 0 Å². The van der Waals surface area contributed by atoms with Gasteiger partial charge in [0, 0.05) is 25.6 Å². The summed E-state index contributed by atoms with van der Waals surface area (Å²) in [6, 6.07) is 7.36. The zero-order chi connectivity index (χ0) is 15.0. The van der Waals surface area contributed by atoms with Crippen LogP contribution in [-0.4, -0.2) is 36.1 Å². The Labute approximate surface area is 121 Å². The first-order chi connectivity index (χ1) is 9.60. The highest BCUT2D eigenvalue weighted by Gasteiger charge is 2.16. The standard InChI is InChI=1S/C17H23NO2/c1-4-14(2)13-18(3)17(20)16-11-6-5-9-15(16)10-7-8-12-19/h5-6,9,11,14,19H,4,8,12-13H2,1-3H3. The van der Waals surface area contributed by atoms with Crippen LogP contribution in [-0.2, 0) is 0 Å². The van der Waals surface area contributed by atoms with E-state index in [0.717, 1.165) is 18.5 Å². The molecule has 0 saturated carbocycles. The molecule has 0 saturated heterocycles. The third-order valence-corrected chi connectivity index (χ3v) is 3.25. The molecular formula is C17H23NO2. The largest absolute Gasteiger partial charge is 0.395 e. The van der Waals surface area contributed by atoms with E-state index in [-0.39, 0.29) is 12.5 Å². The number of benzene rings is 1. The van der Waals surface area contributed by atoms with E-state index in [0.29, 0.717) is 17.9 Å². The molecule has 0 bridgehead atoms. The number of carbonyl (C=O) groups excluding carboxylic acids is 1. The van der Waals surface area contributed by atoms with Gasteiger partial charge in [0.25, 0.3) is 5.91 Å². The zero-order valence-corrected chi connectivity index (χ0v) is 12.5. The molecule has 1 aromatic rings. The number of carbonyl (C=O) groups is 1. The SMILES string of the molecule is CCC(C)CN(C)C(=O)c1ccccc1C#CCCO. The normalized spacial score (nSPS) is 11.4. The van der Waals surface area contributed by atoms with Crippen LogP contribution in [0.3, 0.4) is 0 Å². The summed E-state index contributed by atoms with van der Waals surface area (Å²) in [4.78, 5) is 14.2. The molecule has 0 spiro atoms. The van der Waals surface area contributed by atoms with Crippen LogP contribution in [0.4, 0.5) is 0 Å². The van der Waals surface area contributed by atoms with Crippen molar-refractivity contribution in [2.24, 2.45) is 5.92 Å². The fourth-order valence-corrected chi connectivity index (χ4v) is 1.88. The Bertz CT molecular complexity index is 499. The third kappa shape index (κ3) is 4.71. The second-order valence-corrected chi connectivity index (χ2v) is 5.02. The van der Waals surface area contributed by atoms with E-state index in [1.54, 1.807) is 11.0 Å². The fourth-order valence-electron chi connectivity index (χ4n) is 1.88. The summed E-state index contributed by atoms with van der Waals surface area (Å²) in [5.74, 6) is 6.31. The van der Waals surface area contributed by atoms with E-state index >= 15 is 0 Å². The molecule has 0 radical (unpaired) electrons. The molecule has 1 amide bonds. The molecule has 0 aliphatic carbocycles. The average molecular weight is 273 g/mol. The molecule has 1 unspecified atom stereocenters. The van der Waals surface area contributed by atoms with Gasteiger partial charge in [0.2, 0.25) is 0 Å². The number of amides is 1. The minimum atomic E-state index is -0.000742. The average Bonchev–Trinajstić information content (AvgIpc) is 2.47. The van der Waals surface area contributed by atoms with Crippen molar-refractivity contribution in [3.8, 4) is 11.8 Å². The first-order valence-electron chi connectivity index (χ1n) is 7.04. The molecule has 0 aliphatic rings. The number of aliphatic hydroxyl groups excluding tert-OH is 1. The van der Waals surface area contributed by atoms with Gasteiger partial charge in [-0.2, -0.15) is 0 Å². The van der Waals surface area contributed by atoms with Crippen molar-refractivity contribution in [3.63, 3.8) is 0 Å². The van der Waals surface area contributed by atoms with E-state index in [2.05, 4.69) is 25.7 Å². The third-order valence-electron chi connectivity index (χ3n) is 3.25. The molecule has 3 nitrogen and oxygen atoms in total. The van der Waals surface area contributed by atoms with Crippen molar-refractivity contribution in [3.05, 3.63) is 35.4 Å². The van der Waals surface area contributed by atoms with Crippen LogP contribution in [0.2, 0.25) is 0 Å². The molecule has 3 heteroatoms. The fraction of sp³-hybridized carbons (Fsp3) is 0.471. The summed E-state index contributed by atoms with van der Waals surface area (Å²) in [5, 5.41) is 8.76. The molecule has 1 N–H and O–H groups in total. The number of rotatable bonds is 5. The van der Waals surface area contributed by atoms with Crippen molar-refractivity contribution in [1.29, 1.82) is 0 Å². The van der Waals surface area contributed by atoms with Gasteiger partial charge in [0.05, 0.1) is 12.2 Å². The summed E-state index contributed by atoms with van der Waals surface area (Å²) in [6.07, 6.45) is 1.47. The molecule has 0 heterocycles. The van der Waals surface area contributed by atoms with Crippen LogP contribution in [0.15, 0.2) is 24.3 Å². The lowest BCUT2D eigenvalue weighted by atomic mass is 10.0. The highest BCUT2D eigenvalue weighted by atomic mass is 16.2. The van der Waals surface area contributed by atoms with Gasteiger partial charge in [0.15, 0.2) is 0 Å². The summed E-state index contributed by atoms with van der Waals surface area (Å²) in [7, 11) is 1.83. The summed E-state index contributed by atoms with van der Waals surface area (Å²) >= 11 is 0. The Kier molecular flexibility index (Phi) is 6.83. The van der Waals surface area contributed by atoms with Gasteiger partial charge in [-0.25, -0.2) is 0 Å². The number of hydrogen-bond acceptors (Lipinski definition) is 2. The molecule has 1 aromatic carbocycles. The molecule has 0 aromatic heterocycles. The Morgan fingerprint density at radius 3 is 2.75 bits per heavy atom. The molecule has 0 aliphatic heterocycles. The molecule has 108 valence electrons. The van der Waals surface area contributed by atoms with Crippen molar-refractivity contribution in [2.75, 3.05) is 20.2 Å². The van der Waals surface area contributed by atoms with Gasteiger partial charge in [0.1, 0.15) is 0 Å². The van der Waals surface area contributed by atoms with Crippen molar-refractivity contribution >= 4 is 5.91 Å². The molecule has 20 heavy (non-hydrogen) atoms. The van der Waals surface area contributed by atoms with Crippen LogP contribution in [0.1, 0.15) is 42.6 Å². The van der Waals surface area contributed by atoms with Gasteiger partial charge in [-0.1, -0.05) is 44.2 Å². The number of hydrogen-bond donors (Lipinski definition) is 1. The lowest BCUT2D eigenvalue weighted by Crippen LogP contribution is -2.31. The maximum Gasteiger partial charge on any atom is 0.254 e. The van der Waals surface area contributed by atoms with E-state index in [4.69, 9.17) is 5.11 Å².